The molecule has 0 unspecified atom stereocenters. The summed E-state index contributed by atoms with van der Waals surface area (Å²) in [5, 5.41) is 3.91. The molecule has 1 heterocycles. The predicted molar refractivity (Wildman–Crippen MR) is 115 cm³/mol. The number of nitrogens with two attached hydrogens (primary N) is 1. The minimum atomic E-state index is -0.0256. The number of benzene rings is 2. The minimum absolute atomic E-state index is 0.0256. The highest BCUT2D eigenvalue weighted by molar-refractivity contribution is 5.99. The number of nitrogens with one attached hydrogen (secondary N) is 2. The van der Waals surface area contributed by atoms with Crippen molar-refractivity contribution in [3.8, 4) is 0 Å². The van der Waals surface area contributed by atoms with Crippen LogP contribution < -0.4 is 11.1 Å². The van der Waals surface area contributed by atoms with Gasteiger partial charge in [0.25, 0.3) is 0 Å². The van der Waals surface area contributed by atoms with Gasteiger partial charge in [-0.2, -0.15) is 0 Å². The summed E-state index contributed by atoms with van der Waals surface area (Å²) >= 11 is 0. The van der Waals surface area contributed by atoms with Crippen molar-refractivity contribution in [2.45, 2.75) is 45.4 Å². The lowest BCUT2D eigenvalue weighted by Crippen LogP contribution is -2.12. The molecule has 5 nitrogen and oxygen atoms in total. The van der Waals surface area contributed by atoms with Crippen LogP contribution in [0.15, 0.2) is 48.5 Å². The number of para-hydroxylation sites is 2. The van der Waals surface area contributed by atoms with Gasteiger partial charge in [0.2, 0.25) is 5.91 Å². The molecule has 0 saturated carbocycles. The van der Waals surface area contributed by atoms with Crippen LogP contribution in [-0.2, 0) is 4.79 Å². The van der Waals surface area contributed by atoms with E-state index < -0.39 is 0 Å². The van der Waals surface area contributed by atoms with Crippen LogP contribution in [-0.4, -0.2) is 16.7 Å². The number of unbranched alkanes of at least 4 members (excludes halogenated alkanes) is 3. The molecule has 3 rings (SSSR count). The molecule has 0 aliphatic heterocycles. The fraction of sp³-hybridized carbons (Fsp3) is 0.304. The molecular weight excluding hydrogens is 350 g/mol. The minimum Gasteiger partial charge on any atom is -0.397 e. The Kier molecular flexibility index (Phi) is 6.48. The summed E-state index contributed by atoms with van der Waals surface area (Å²) in [4.78, 5) is 27.5. The first-order valence-electron chi connectivity index (χ1n) is 9.80. The number of nitrogen functional groups attached to an aromatic ring is 1. The molecule has 0 aliphatic carbocycles. The SMILES string of the molecule is Cc1ccc2[nH]c(C(=O)CCCCCCC(=O)Nc3ccccc3N)cc2c1. The van der Waals surface area contributed by atoms with Gasteiger partial charge in [0.15, 0.2) is 5.78 Å². The maximum Gasteiger partial charge on any atom is 0.224 e. The monoisotopic (exact) mass is 377 g/mol. The Balaban J connectivity index is 1.34. The summed E-state index contributed by atoms with van der Waals surface area (Å²) < 4.78 is 0. The fourth-order valence-electron chi connectivity index (χ4n) is 3.29. The molecule has 1 amide bonds. The Morgan fingerprint density at radius 2 is 1.71 bits per heavy atom. The van der Waals surface area contributed by atoms with Gasteiger partial charge < -0.3 is 16.0 Å². The van der Waals surface area contributed by atoms with E-state index in [1.54, 1.807) is 12.1 Å². The third-order valence-corrected chi connectivity index (χ3v) is 4.87. The number of amides is 1. The van der Waals surface area contributed by atoms with Crippen molar-refractivity contribution in [1.29, 1.82) is 0 Å². The van der Waals surface area contributed by atoms with Crippen molar-refractivity contribution in [2.75, 3.05) is 11.1 Å². The Morgan fingerprint density at radius 1 is 0.964 bits per heavy atom. The van der Waals surface area contributed by atoms with Gasteiger partial charge in [-0.25, -0.2) is 0 Å². The van der Waals surface area contributed by atoms with Crippen LogP contribution >= 0.6 is 0 Å². The molecule has 146 valence electrons. The first-order valence-corrected chi connectivity index (χ1v) is 9.80. The number of H-pyrrole nitrogens is 1. The molecule has 2 aromatic carbocycles. The van der Waals surface area contributed by atoms with E-state index in [9.17, 15) is 9.59 Å². The molecule has 0 aliphatic rings. The van der Waals surface area contributed by atoms with Crippen LogP contribution in [0.5, 0.6) is 0 Å². The van der Waals surface area contributed by atoms with E-state index in [0.29, 0.717) is 29.9 Å². The highest BCUT2D eigenvalue weighted by Gasteiger charge is 2.10. The van der Waals surface area contributed by atoms with Gasteiger partial charge in [-0.05, 0) is 50.1 Å². The van der Waals surface area contributed by atoms with Gasteiger partial charge in [-0.15, -0.1) is 0 Å². The van der Waals surface area contributed by atoms with Crippen molar-refractivity contribution < 1.29 is 9.59 Å². The van der Waals surface area contributed by atoms with E-state index in [4.69, 9.17) is 5.73 Å². The zero-order valence-electron chi connectivity index (χ0n) is 16.3. The zero-order valence-corrected chi connectivity index (χ0v) is 16.3. The van der Waals surface area contributed by atoms with Gasteiger partial charge in [0, 0.05) is 23.7 Å². The number of hydrogen-bond acceptors (Lipinski definition) is 3. The van der Waals surface area contributed by atoms with Crippen LogP contribution in [0.2, 0.25) is 0 Å². The smallest absolute Gasteiger partial charge is 0.224 e. The molecule has 3 aromatic rings. The van der Waals surface area contributed by atoms with Gasteiger partial charge in [-0.1, -0.05) is 36.6 Å². The quantitative estimate of drug-likeness (QED) is 0.271. The average Bonchev–Trinajstić information content (AvgIpc) is 3.09. The van der Waals surface area contributed by atoms with E-state index in [-0.39, 0.29) is 11.7 Å². The van der Waals surface area contributed by atoms with Gasteiger partial charge in [0.05, 0.1) is 17.1 Å². The van der Waals surface area contributed by atoms with E-state index in [0.717, 1.165) is 36.6 Å². The molecule has 5 heteroatoms. The summed E-state index contributed by atoms with van der Waals surface area (Å²) in [5.41, 5.74) is 9.92. The molecule has 4 N–H and O–H groups in total. The molecule has 0 bridgehead atoms. The van der Waals surface area contributed by atoms with Gasteiger partial charge >= 0.3 is 0 Å². The Bertz CT molecular complexity index is 975. The van der Waals surface area contributed by atoms with Crippen molar-refractivity contribution in [3.05, 3.63) is 59.8 Å². The summed E-state index contributed by atoms with van der Waals surface area (Å²) in [6.07, 6.45) is 4.49. The molecule has 0 fully saturated rings. The maximum atomic E-state index is 12.4. The van der Waals surface area contributed by atoms with Crippen LogP contribution in [0.4, 0.5) is 11.4 Å². The first kappa shape index (κ1) is 19.7. The number of aryl methyl sites for hydroxylation is 1. The van der Waals surface area contributed by atoms with Gasteiger partial charge in [-0.3, -0.25) is 9.59 Å². The van der Waals surface area contributed by atoms with E-state index in [1.807, 2.05) is 37.3 Å². The van der Waals surface area contributed by atoms with Gasteiger partial charge in [0.1, 0.15) is 0 Å². The van der Waals surface area contributed by atoms with Crippen molar-refractivity contribution >= 4 is 34.0 Å². The summed E-state index contributed by atoms with van der Waals surface area (Å²) in [5.74, 6) is 0.119. The number of Topliss-reactive ketones (excluding diaryl/α,β-unsaturated/α-hetero) is 1. The normalized spacial score (nSPS) is 10.9. The number of fused-ring (bicyclic) bond motifs is 1. The largest absolute Gasteiger partial charge is 0.397 e. The second kappa shape index (κ2) is 9.22. The molecule has 0 radical (unpaired) electrons. The number of carbonyl (C=O) groups is 2. The topological polar surface area (TPSA) is 88.0 Å². The van der Waals surface area contributed by atoms with Crippen LogP contribution in [0.25, 0.3) is 10.9 Å². The molecule has 0 saturated heterocycles. The van der Waals surface area contributed by atoms with Crippen LogP contribution in [0.1, 0.15) is 54.6 Å². The van der Waals surface area contributed by atoms with E-state index >= 15 is 0 Å². The number of anilines is 2. The zero-order chi connectivity index (χ0) is 19.9. The summed E-state index contributed by atoms with van der Waals surface area (Å²) in [6, 6.07) is 15.3. The predicted octanol–water partition coefficient (Wildman–Crippen LogP) is 5.22. The fourth-order valence-corrected chi connectivity index (χ4v) is 3.29. The third-order valence-electron chi connectivity index (χ3n) is 4.87. The number of hydrogen-bond donors (Lipinski definition) is 3. The summed E-state index contributed by atoms with van der Waals surface area (Å²) in [7, 11) is 0. The van der Waals surface area contributed by atoms with Crippen molar-refractivity contribution in [1.82, 2.24) is 4.98 Å². The Morgan fingerprint density at radius 3 is 2.50 bits per heavy atom. The number of rotatable bonds is 9. The maximum absolute atomic E-state index is 12.4. The van der Waals surface area contributed by atoms with Crippen molar-refractivity contribution in [3.63, 3.8) is 0 Å². The molecule has 1 aromatic heterocycles. The van der Waals surface area contributed by atoms with E-state index in [2.05, 4.69) is 16.4 Å². The van der Waals surface area contributed by atoms with Crippen LogP contribution in [0, 0.1) is 6.92 Å². The number of aromatic nitrogens is 1. The third kappa shape index (κ3) is 5.22. The highest BCUT2D eigenvalue weighted by atomic mass is 16.1. The second-order valence-corrected chi connectivity index (χ2v) is 7.25. The van der Waals surface area contributed by atoms with Crippen molar-refractivity contribution in [2.24, 2.45) is 0 Å². The number of ketones is 1. The Hall–Kier alpha value is -3.08. The highest BCUT2D eigenvalue weighted by Crippen LogP contribution is 2.19. The average molecular weight is 377 g/mol. The second-order valence-electron chi connectivity index (χ2n) is 7.25. The lowest BCUT2D eigenvalue weighted by molar-refractivity contribution is -0.116. The standard InChI is InChI=1S/C23H27N3O2/c1-16-12-13-19-17(14-16)15-21(25-19)22(27)10-4-2-3-5-11-23(28)26-20-9-7-6-8-18(20)24/h6-9,12-15,25H,2-5,10-11,24H2,1H3,(H,26,28). The lowest BCUT2D eigenvalue weighted by atomic mass is 10.1. The number of carbonyl (C=O) groups excluding carboxylic acids is 2. The molecular formula is C23H27N3O2. The van der Waals surface area contributed by atoms with Crippen LogP contribution in [0.3, 0.4) is 0 Å². The molecule has 0 spiro atoms. The number of aromatic amines is 1. The molecule has 28 heavy (non-hydrogen) atoms. The Labute approximate surface area is 165 Å². The lowest BCUT2D eigenvalue weighted by Gasteiger charge is -2.07. The van der Waals surface area contributed by atoms with E-state index in [1.165, 1.54) is 5.56 Å². The first-order chi connectivity index (χ1) is 13.5. The summed E-state index contributed by atoms with van der Waals surface area (Å²) in [6.45, 7) is 2.04. The molecule has 0 atom stereocenters.